The van der Waals surface area contributed by atoms with Gasteiger partial charge in [0.2, 0.25) is 0 Å². The predicted molar refractivity (Wildman–Crippen MR) is 48.2 cm³/mol. The van der Waals surface area contributed by atoms with Gasteiger partial charge < -0.3 is 9.84 Å². The van der Waals surface area contributed by atoms with E-state index in [-0.39, 0.29) is 6.10 Å². The van der Waals surface area contributed by atoms with Gasteiger partial charge in [-0.1, -0.05) is 0 Å². The highest BCUT2D eigenvalue weighted by Gasteiger charge is 2.41. The molecule has 2 atom stereocenters. The van der Waals surface area contributed by atoms with Crippen molar-refractivity contribution in [2.24, 2.45) is 0 Å². The number of rotatable bonds is 1. The Bertz CT molecular complexity index is 258. The standard InChI is InChI=1S/C9H12O2S/c1-7-9(10,3-4-11-7)8-2-5-12-6-8/h2,5-7,10H,3-4H2,1H3. The molecule has 1 N–H and O–H groups in total. The second-order valence-electron chi connectivity index (χ2n) is 3.20. The van der Waals surface area contributed by atoms with Crippen molar-refractivity contribution in [2.75, 3.05) is 6.61 Å². The lowest BCUT2D eigenvalue weighted by Gasteiger charge is -2.24. The number of thiophene rings is 1. The van der Waals surface area contributed by atoms with E-state index < -0.39 is 5.60 Å². The summed E-state index contributed by atoms with van der Waals surface area (Å²) in [5.74, 6) is 0. The normalized spacial score (nSPS) is 35.7. The maximum atomic E-state index is 10.2. The van der Waals surface area contributed by atoms with Crippen LogP contribution in [0.15, 0.2) is 16.8 Å². The van der Waals surface area contributed by atoms with Gasteiger partial charge in [0.05, 0.1) is 12.7 Å². The van der Waals surface area contributed by atoms with Crippen LogP contribution in [0, 0.1) is 0 Å². The van der Waals surface area contributed by atoms with Gasteiger partial charge in [-0.2, -0.15) is 11.3 Å². The molecule has 3 heteroatoms. The molecule has 1 aromatic heterocycles. The lowest BCUT2D eigenvalue weighted by atomic mass is 9.90. The molecule has 0 saturated carbocycles. The molecule has 1 aliphatic heterocycles. The van der Waals surface area contributed by atoms with Gasteiger partial charge in [0.1, 0.15) is 5.60 Å². The first-order valence-corrected chi connectivity index (χ1v) is 5.04. The van der Waals surface area contributed by atoms with Gasteiger partial charge in [-0.15, -0.1) is 0 Å². The maximum absolute atomic E-state index is 10.2. The van der Waals surface area contributed by atoms with Crippen LogP contribution in [0.1, 0.15) is 18.9 Å². The molecule has 1 fully saturated rings. The lowest BCUT2D eigenvalue weighted by molar-refractivity contribution is -0.0314. The zero-order valence-electron chi connectivity index (χ0n) is 6.99. The molecule has 0 amide bonds. The Labute approximate surface area is 75.8 Å². The fraction of sp³-hybridized carbons (Fsp3) is 0.556. The van der Waals surface area contributed by atoms with Crippen molar-refractivity contribution in [3.63, 3.8) is 0 Å². The van der Waals surface area contributed by atoms with E-state index in [1.54, 1.807) is 11.3 Å². The van der Waals surface area contributed by atoms with Gasteiger partial charge in [-0.25, -0.2) is 0 Å². The highest BCUT2D eigenvalue weighted by Crippen LogP contribution is 2.36. The van der Waals surface area contributed by atoms with Crippen LogP contribution in [0.25, 0.3) is 0 Å². The SMILES string of the molecule is CC1OCCC1(O)c1ccsc1. The van der Waals surface area contributed by atoms with Gasteiger partial charge >= 0.3 is 0 Å². The Kier molecular flexibility index (Phi) is 1.94. The van der Waals surface area contributed by atoms with Gasteiger partial charge in [-0.3, -0.25) is 0 Å². The number of aliphatic hydroxyl groups is 1. The molecule has 2 nitrogen and oxygen atoms in total. The summed E-state index contributed by atoms with van der Waals surface area (Å²) in [6.07, 6.45) is 0.636. The minimum atomic E-state index is -0.736. The molecule has 1 saturated heterocycles. The van der Waals surface area contributed by atoms with Crippen molar-refractivity contribution < 1.29 is 9.84 Å². The first-order valence-electron chi connectivity index (χ1n) is 4.10. The van der Waals surface area contributed by atoms with Crippen LogP contribution in [0.3, 0.4) is 0 Å². The van der Waals surface area contributed by atoms with Crippen molar-refractivity contribution >= 4 is 11.3 Å². The molecule has 1 aromatic rings. The number of hydrogen-bond donors (Lipinski definition) is 1. The Hall–Kier alpha value is -0.380. The number of hydrogen-bond acceptors (Lipinski definition) is 3. The molecule has 0 aliphatic carbocycles. The summed E-state index contributed by atoms with van der Waals surface area (Å²) < 4.78 is 5.35. The van der Waals surface area contributed by atoms with Crippen LogP contribution >= 0.6 is 11.3 Å². The second kappa shape index (κ2) is 2.83. The Morgan fingerprint density at radius 1 is 1.75 bits per heavy atom. The second-order valence-corrected chi connectivity index (χ2v) is 3.98. The van der Waals surface area contributed by atoms with Crippen molar-refractivity contribution in [3.05, 3.63) is 22.4 Å². The van der Waals surface area contributed by atoms with Crippen LogP contribution in [0.5, 0.6) is 0 Å². The van der Waals surface area contributed by atoms with Gasteiger partial charge in [0.15, 0.2) is 0 Å². The highest BCUT2D eigenvalue weighted by molar-refractivity contribution is 7.08. The van der Waals surface area contributed by atoms with E-state index >= 15 is 0 Å². The summed E-state index contributed by atoms with van der Waals surface area (Å²) in [4.78, 5) is 0. The molecule has 2 rings (SSSR count). The third kappa shape index (κ3) is 1.09. The summed E-state index contributed by atoms with van der Waals surface area (Å²) in [6.45, 7) is 2.58. The summed E-state index contributed by atoms with van der Waals surface area (Å²) in [6, 6.07) is 1.97. The number of ether oxygens (including phenoxy) is 1. The van der Waals surface area contributed by atoms with Crippen molar-refractivity contribution in [2.45, 2.75) is 25.0 Å². The van der Waals surface area contributed by atoms with E-state index in [2.05, 4.69) is 0 Å². The molecular formula is C9H12O2S. The van der Waals surface area contributed by atoms with E-state index in [9.17, 15) is 5.11 Å². The molecule has 2 heterocycles. The van der Waals surface area contributed by atoms with E-state index in [0.29, 0.717) is 13.0 Å². The molecule has 0 radical (unpaired) electrons. The van der Waals surface area contributed by atoms with Gasteiger partial charge in [0, 0.05) is 6.42 Å². The van der Waals surface area contributed by atoms with Gasteiger partial charge in [0.25, 0.3) is 0 Å². The zero-order valence-corrected chi connectivity index (χ0v) is 7.80. The Morgan fingerprint density at radius 3 is 3.08 bits per heavy atom. The first kappa shape index (κ1) is 8.23. The topological polar surface area (TPSA) is 29.5 Å². The average molecular weight is 184 g/mol. The quantitative estimate of drug-likeness (QED) is 0.720. The van der Waals surface area contributed by atoms with E-state index in [0.717, 1.165) is 5.56 Å². The minimum absolute atomic E-state index is 0.0768. The Balaban J connectivity index is 2.32. The van der Waals surface area contributed by atoms with Crippen LogP contribution in [0.4, 0.5) is 0 Å². The molecule has 66 valence electrons. The summed E-state index contributed by atoms with van der Waals surface area (Å²) in [5.41, 5.74) is 0.262. The van der Waals surface area contributed by atoms with Crippen LogP contribution in [-0.2, 0) is 10.3 Å². The zero-order chi connectivity index (χ0) is 8.60. The van der Waals surface area contributed by atoms with Crippen molar-refractivity contribution in [1.29, 1.82) is 0 Å². The third-order valence-electron chi connectivity index (χ3n) is 2.54. The lowest BCUT2D eigenvalue weighted by Crippen LogP contribution is -2.32. The van der Waals surface area contributed by atoms with Crippen LogP contribution in [-0.4, -0.2) is 17.8 Å². The Morgan fingerprint density at radius 2 is 2.58 bits per heavy atom. The molecule has 12 heavy (non-hydrogen) atoms. The third-order valence-corrected chi connectivity index (χ3v) is 3.23. The van der Waals surface area contributed by atoms with Crippen molar-refractivity contribution in [1.82, 2.24) is 0 Å². The van der Waals surface area contributed by atoms with Crippen molar-refractivity contribution in [3.8, 4) is 0 Å². The highest BCUT2D eigenvalue weighted by atomic mass is 32.1. The van der Waals surface area contributed by atoms with E-state index in [1.165, 1.54) is 0 Å². The molecule has 0 bridgehead atoms. The first-order chi connectivity index (χ1) is 5.73. The summed E-state index contributed by atoms with van der Waals surface area (Å²) >= 11 is 1.61. The van der Waals surface area contributed by atoms with Gasteiger partial charge in [-0.05, 0) is 29.3 Å². The molecule has 1 aliphatic rings. The fourth-order valence-electron chi connectivity index (χ4n) is 1.62. The maximum Gasteiger partial charge on any atom is 0.118 e. The predicted octanol–water partition coefficient (Wildman–Crippen LogP) is 1.74. The molecule has 2 unspecified atom stereocenters. The van der Waals surface area contributed by atoms with Crippen LogP contribution < -0.4 is 0 Å². The van der Waals surface area contributed by atoms with Crippen LogP contribution in [0.2, 0.25) is 0 Å². The summed E-state index contributed by atoms with van der Waals surface area (Å²) in [5, 5.41) is 14.2. The molecule has 0 aromatic carbocycles. The fourth-order valence-corrected chi connectivity index (χ4v) is 2.36. The van der Waals surface area contributed by atoms with E-state index in [1.807, 2.05) is 23.8 Å². The smallest absolute Gasteiger partial charge is 0.118 e. The monoisotopic (exact) mass is 184 g/mol. The molecule has 0 spiro atoms. The van der Waals surface area contributed by atoms with E-state index in [4.69, 9.17) is 4.74 Å². The summed E-state index contributed by atoms with van der Waals surface area (Å²) in [7, 11) is 0. The largest absolute Gasteiger partial charge is 0.382 e. The molecular weight excluding hydrogens is 172 g/mol. The minimum Gasteiger partial charge on any atom is -0.382 e. The average Bonchev–Trinajstić information content (AvgIpc) is 2.62.